The van der Waals surface area contributed by atoms with Crippen LogP contribution in [0.3, 0.4) is 0 Å². The minimum absolute atomic E-state index is 0.0204. The van der Waals surface area contributed by atoms with E-state index in [1.807, 2.05) is 18.2 Å². The number of hydrogen-bond acceptors (Lipinski definition) is 1. The van der Waals surface area contributed by atoms with Crippen LogP contribution >= 0.6 is 0 Å². The molecular formula is C16H14F2O. The first-order valence-corrected chi connectivity index (χ1v) is 6.38. The summed E-state index contributed by atoms with van der Waals surface area (Å²) >= 11 is 0. The molecule has 1 unspecified atom stereocenters. The molecule has 2 aromatic rings. The van der Waals surface area contributed by atoms with Gasteiger partial charge in [-0.3, -0.25) is 0 Å². The van der Waals surface area contributed by atoms with Crippen LogP contribution in [0.4, 0.5) is 8.78 Å². The van der Waals surface area contributed by atoms with E-state index in [0.29, 0.717) is 11.5 Å². The average molecular weight is 260 g/mol. The maximum absolute atomic E-state index is 13.7. The average Bonchev–Trinajstić information content (AvgIpc) is 3.26. The van der Waals surface area contributed by atoms with Gasteiger partial charge in [0, 0.05) is 5.56 Å². The van der Waals surface area contributed by atoms with E-state index in [0.717, 1.165) is 24.5 Å². The Kier molecular flexibility index (Phi) is 3.07. The number of aliphatic hydroxyl groups excluding tert-OH is 1. The highest BCUT2D eigenvalue weighted by molar-refractivity contribution is 5.35. The quantitative estimate of drug-likeness (QED) is 0.886. The van der Waals surface area contributed by atoms with Gasteiger partial charge in [-0.15, -0.1) is 0 Å². The molecule has 0 bridgehead atoms. The molecule has 0 amide bonds. The second kappa shape index (κ2) is 4.74. The van der Waals surface area contributed by atoms with E-state index < -0.39 is 17.7 Å². The van der Waals surface area contributed by atoms with Gasteiger partial charge in [-0.2, -0.15) is 0 Å². The third-order valence-electron chi connectivity index (χ3n) is 3.55. The molecule has 3 rings (SSSR count). The van der Waals surface area contributed by atoms with E-state index in [9.17, 15) is 13.9 Å². The second-order valence-electron chi connectivity index (χ2n) is 4.99. The molecule has 19 heavy (non-hydrogen) atoms. The van der Waals surface area contributed by atoms with Gasteiger partial charge in [0.05, 0.1) is 0 Å². The Morgan fingerprint density at radius 2 is 1.79 bits per heavy atom. The van der Waals surface area contributed by atoms with Crippen molar-refractivity contribution in [2.24, 2.45) is 0 Å². The van der Waals surface area contributed by atoms with E-state index in [-0.39, 0.29) is 5.56 Å². The number of hydrogen-bond donors (Lipinski definition) is 1. The molecule has 1 saturated carbocycles. The highest BCUT2D eigenvalue weighted by Gasteiger charge is 2.25. The fourth-order valence-corrected chi connectivity index (χ4v) is 2.31. The molecule has 0 spiro atoms. The summed E-state index contributed by atoms with van der Waals surface area (Å²) in [5, 5.41) is 10.2. The van der Waals surface area contributed by atoms with Crippen molar-refractivity contribution in [3.8, 4) is 0 Å². The van der Waals surface area contributed by atoms with E-state index >= 15 is 0 Å². The molecule has 0 radical (unpaired) electrons. The Hall–Kier alpha value is -1.74. The zero-order chi connectivity index (χ0) is 13.4. The molecular weight excluding hydrogens is 246 g/mol. The summed E-state index contributed by atoms with van der Waals surface area (Å²) in [6.45, 7) is 0. The second-order valence-corrected chi connectivity index (χ2v) is 4.99. The van der Waals surface area contributed by atoms with E-state index in [1.54, 1.807) is 6.07 Å². The number of halogens is 2. The topological polar surface area (TPSA) is 20.2 Å². The Bertz CT molecular complexity index is 605. The summed E-state index contributed by atoms with van der Waals surface area (Å²) in [7, 11) is 0. The lowest BCUT2D eigenvalue weighted by atomic mass is 9.98. The first-order valence-electron chi connectivity index (χ1n) is 6.38. The van der Waals surface area contributed by atoms with Crippen LogP contribution in [0, 0.1) is 11.6 Å². The fraction of sp³-hybridized carbons (Fsp3) is 0.250. The van der Waals surface area contributed by atoms with Gasteiger partial charge < -0.3 is 5.11 Å². The molecule has 0 aromatic heterocycles. The molecule has 0 saturated heterocycles. The molecule has 98 valence electrons. The van der Waals surface area contributed by atoms with Crippen molar-refractivity contribution in [3.05, 3.63) is 70.8 Å². The minimum atomic E-state index is -1.13. The summed E-state index contributed by atoms with van der Waals surface area (Å²) in [4.78, 5) is 0. The van der Waals surface area contributed by atoms with Gasteiger partial charge in [-0.25, -0.2) is 8.78 Å². The van der Waals surface area contributed by atoms with Gasteiger partial charge in [0.2, 0.25) is 0 Å². The van der Waals surface area contributed by atoms with Gasteiger partial charge in [-0.1, -0.05) is 36.4 Å². The monoisotopic (exact) mass is 260 g/mol. The van der Waals surface area contributed by atoms with Crippen molar-refractivity contribution in [1.29, 1.82) is 0 Å². The van der Waals surface area contributed by atoms with Crippen LogP contribution in [0.1, 0.15) is 41.6 Å². The lowest BCUT2D eigenvalue weighted by molar-refractivity contribution is 0.213. The summed E-state index contributed by atoms with van der Waals surface area (Å²) in [6, 6.07) is 11.3. The smallest absolute Gasteiger partial charge is 0.164 e. The Balaban J connectivity index is 1.96. The number of rotatable bonds is 3. The zero-order valence-corrected chi connectivity index (χ0v) is 10.3. The van der Waals surface area contributed by atoms with Crippen molar-refractivity contribution in [1.82, 2.24) is 0 Å². The Morgan fingerprint density at radius 1 is 1.05 bits per heavy atom. The largest absolute Gasteiger partial charge is 0.384 e. The molecule has 1 aliphatic rings. The van der Waals surface area contributed by atoms with E-state index in [1.165, 1.54) is 12.1 Å². The summed E-state index contributed by atoms with van der Waals surface area (Å²) in [6.07, 6.45) is 1.19. The van der Waals surface area contributed by atoms with Crippen LogP contribution in [0.15, 0.2) is 42.5 Å². The molecule has 1 N–H and O–H groups in total. The van der Waals surface area contributed by atoms with Crippen molar-refractivity contribution >= 4 is 0 Å². The predicted molar refractivity (Wildman–Crippen MR) is 68.8 cm³/mol. The molecule has 0 heterocycles. The van der Waals surface area contributed by atoms with Crippen molar-refractivity contribution in [3.63, 3.8) is 0 Å². The van der Waals surface area contributed by atoms with Crippen molar-refractivity contribution in [2.75, 3.05) is 0 Å². The van der Waals surface area contributed by atoms with Crippen LogP contribution in [0.2, 0.25) is 0 Å². The third kappa shape index (κ3) is 2.38. The van der Waals surface area contributed by atoms with Gasteiger partial charge >= 0.3 is 0 Å². The van der Waals surface area contributed by atoms with Crippen molar-refractivity contribution in [2.45, 2.75) is 24.9 Å². The molecule has 2 aromatic carbocycles. The SMILES string of the molecule is OC(c1cccc(C2CC2)c1)c1cccc(F)c1F. The molecule has 0 aliphatic heterocycles. The molecule has 1 atom stereocenters. The lowest BCUT2D eigenvalue weighted by Crippen LogP contribution is -2.04. The first-order chi connectivity index (χ1) is 9.16. The summed E-state index contributed by atoms with van der Waals surface area (Å²) in [5.41, 5.74) is 1.75. The van der Waals surface area contributed by atoms with Gasteiger partial charge in [0.1, 0.15) is 6.10 Å². The van der Waals surface area contributed by atoms with Crippen LogP contribution in [0.5, 0.6) is 0 Å². The standard InChI is InChI=1S/C16H14F2O/c17-14-6-2-5-13(15(14)18)16(19)12-4-1-3-11(9-12)10-7-8-10/h1-6,9-10,16,19H,7-8H2. The number of aliphatic hydroxyl groups is 1. The summed E-state index contributed by atoms with van der Waals surface area (Å²) < 4.78 is 26.9. The van der Waals surface area contributed by atoms with Crippen LogP contribution in [-0.2, 0) is 0 Å². The number of benzene rings is 2. The van der Waals surface area contributed by atoms with Crippen LogP contribution in [-0.4, -0.2) is 5.11 Å². The zero-order valence-electron chi connectivity index (χ0n) is 10.3. The Morgan fingerprint density at radius 3 is 2.53 bits per heavy atom. The van der Waals surface area contributed by atoms with E-state index in [2.05, 4.69) is 0 Å². The van der Waals surface area contributed by atoms with Crippen LogP contribution < -0.4 is 0 Å². The van der Waals surface area contributed by atoms with Crippen molar-refractivity contribution < 1.29 is 13.9 Å². The lowest BCUT2D eigenvalue weighted by Gasteiger charge is -2.13. The minimum Gasteiger partial charge on any atom is -0.384 e. The summed E-state index contributed by atoms with van der Waals surface area (Å²) in [5.74, 6) is -1.36. The third-order valence-corrected chi connectivity index (χ3v) is 3.55. The molecule has 1 aliphatic carbocycles. The van der Waals surface area contributed by atoms with Gasteiger partial charge in [0.25, 0.3) is 0 Å². The fourth-order valence-electron chi connectivity index (χ4n) is 2.31. The maximum Gasteiger partial charge on any atom is 0.164 e. The highest BCUT2D eigenvalue weighted by atomic mass is 19.2. The maximum atomic E-state index is 13.7. The highest BCUT2D eigenvalue weighted by Crippen LogP contribution is 2.41. The van der Waals surface area contributed by atoms with Crippen LogP contribution in [0.25, 0.3) is 0 Å². The first kappa shape index (κ1) is 12.3. The van der Waals surface area contributed by atoms with E-state index in [4.69, 9.17) is 0 Å². The van der Waals surface area contributed by atoms with Gasteiger partial charge in [0.15, 0.2) is 11.6 Å². The Labute approximate surface area is 110 Å². The molecule has 3 heteroatoms. The van der Waals surface area contributed by atoms with Gasteiger partial charge in [-0.05, 0) is 36.0 Å². The molecule has 1 fully saturated rings. The predicted octanol–water partition coefficient (Wildman–Crippen LogP) is 3.92. The molecule has 1 nitrogen and oxygen atoms in total. The normalized spacial score (nSPS) is 16.4.